The van der Waals surface area contributed by atoms with Crippen molar-refractivity contribution in [3.8, 4) is 0 Å². The Balaban J connectivity index is 1.67. The van der Waals surface area contributed by atoms with Gasteiger partial charge in [-0.25, -0.2) is 0 Å². The lowest BCUT2D eigenvalue weighted by Gasteiger charge is -2.47. The normalized spacial score (nSPS) is 38.0. The number of nitrogens with zero attached hydrogens (tertiary/aromatic N) is 1. The van der Waals surface area contributed by atoms with Crippen molar-refractivity contribution in [1.29, 1.82) is 0 Å². The highest BCUT2D eigenvalue weighted by Crippen LogP contribution is 2.39. The molecule has 3 rings (SSSR count). The lowest BCUT2D eigenvalue weighted by molar-refractivity contribution is -0.116. The smallest absolute Gasteiger partial charge is 0.0630 e. The lowest BCUT2D eigenvalue weighted by atomic mass is 9.74. The zero-order chi connectivity index (χ0) is 22.7. The number of nitrogens with one attached hydrogen (secondary N) is 1. The molecule has 0 radical (unpaired) electrons. The summed E-state index contributed by atoms with van der Waals surface area (Å²) in [6.07, 6.45) is 17.7. The Morgan fingerprint density at radius 1 is 0.742 bits per heavy atom. The first kappa shape index (κ1) is 25.5. The molecule has 1 N–H and O–H groups in total. The highest BCUT2D eigenvalue weighted by Gasteiger charge is 2.39. The molecule has 3 nitrogen and oxygen atoms in total. The van der Waals surface area contributed by atoms with Gasteiger partial charge in [-0.15, -0.1) is 0 Å². The third-order valence-corrected chi connectivity index (χ3v) is 8.88. The molecule has 0 bridgehead atoms. The molecule has 3 aliphatic rings. The van der Waals surface area contributed by atoms with E-state index >= 15 is 0 Å². The molecule has 0 aromatic carbocycles. The molecule has 4 unspecified atom stereocenters. The maximum absolute atomic E-state index is 6.79. The van der Waals surface area contributed by atoms with Crippen molar-refractivity contribution in [3.63, 3.8) is 0 Å². The molecule has 0 saturated carbocycles. The van der Waals surface area contributed by atoms with Crippen LogP contribution in [0.2, 0.25) is 0 Å². The van der Waals surface area contributed by atoms with Crippen LogP contribution < -0.4 is 5.32 Å². The maximum atomic E-state index is 6.79. The van der Waals surface area contributed by atoms with Gasteiger partial charge >= 0.3 is 0 Å². The van der Waals surface area contributed by atoms with E-state index in [9.17, 15) is 0 Å². The molecule has 182 valence electrons. The molecule has 4 atom stereocenters. The molecule has 3 aliphatic heterocycles. The fourth-order valence-corrected chi connectivity index (χ4v) is 6.90. The molecule has 0 aliphatic carbocycles. The van der Waals surface area contributed by atoms with E-state index in [1.165, 1.54) is 90.0 Å². The van der Waals surface area contributed by atoms with Gasteiger partial charge in [0.05, 0.1) is 11.7 Å². The summed E-state index contributed by atoms with van der Waals surface area (Å²) in [5, 5.41) is 4.21. The topological polar surface area (TPSA) is 24.5 Å². The Bertz CT molecular complexity index is 555. The second kappa shape index (κ2) is 10.4. The summed E-state index contributed by atoms with van der Waals surface area (Å²) in [5.41, 5.74) is 0.536. The van der Waals surface area contributed by atoms with Gasteiger partial charge in [0.25, 0.3) is 0 Å². The second-order valence-electron chi connectivity index (χ2n) is 13.2. The van der Waals surface area contributed by atoms with Crippen LogP contribution in [0.5, 0.6) is 0 Å². The Morgan fingerprint density at radius 3 is 2.23 bits per heavy atom. The Hall–Kier alpha value is -0.120. The first-order valence-electron chi connectivity index (χ1n) is 13.6. The fraction of sp³-hybridized carbons (Fsp3) is 1.00. The highest BCUT2D eigenvalue weighted by atomic mass is 16.5. The van der Waals surface area contributed by atoms with Crippen LogP contribution in [0.4, 0.5) is 0 Å². The minimum absolute atomic E-state index is 0.0457. The molecule has 3 heteroatoms. The van der Waals surface area contributed by atoms with Crippen LogP contribution in [-0.4, -0.2) is 47.3 Å². The standard InChI is InChI=1S/C28H54N2O/c1-26(2)20-23(25-17-9-8-11-18-28(5,6)31-25)15-13-16-24(29-26)22-14-10-12-19-30(7)27(3,4)21-22/h22-25,29H,8-21H2,1-7H3. The monoisotopic (exact) mass is 434 g/mol. The zero-order valence-electron chi connectivity index (χ0n) is 22.1. The summed E-state index contributed by atoms with van der Waals surface area (Å²) in [6, 6.07) is 0.663. The molecule has 3 fully saturated rings. The van der Waals surface area contributed by atoms with Gasteiger partial charge in [-0.1, -0.05) is 32.1 Å². The average Bonchev–Trinajstić information content (AvgIpc) is 2.62. The summed E-state index contributed by atoms with van der Waals surface area (Å²) in [4.78, 5) is 2.61. The second-order valence-corrected chi connectivity index (χ2v) is 13.2. The Morgan fingerprint density at radius 2 is 1.45 bits per heavy atom. The number of rotatable bonds is 2. The zero-order valence-corrected chi connectivity index (χ0v) is 22.1. The van der Waals surface area contributed by atoms with Crippen LogP contribution >= 0.6 is 0 Å². The largest absolute Gasteiger partial charge is 0.372 e. The van der Waals surface area contributed by atoms with Crippen LogP contribution in [0.15, 0.2) is 0 Å². The minimum atomic E-state index is 0.0457. The van der Waals surface area contributed by atoms with E-state index in [1.54, 1.807) is 0 Å². The van der Waals surface area contributed by atoms with Crippen molar-refractivity contribution in [2.75, 3.05) is 13.6 Å². The van der Waals surface area contributed by atoms with E-state index < -0.39 is 0 Å². The quantitative estimate of drug-likeness (QED) is 0.509. The molecule has 31 heavy (non-hydrogen) atoms. The third-order valence-electron chi connectivity index (χ3n) is 8.88. The first-order chi connectivity index (χ1) is 14.5. The molecule has 0 aromatic heterocycles. The van der Waals surface area contributed by atoms with Crippen molar-refractivity contribution in [3.05, 3.63) is 0 Å². The summed E-state index contributed by atoms with van der Waals surface area (Å²) in [6.45, 7) is 15.7. The van der Waals surface area contributed by atoms with Gasteiger partial charge in [-0.3, -0.25) is 0 Å². The molecular formula is C28H54N2O. The van der Waals surface area contributed by atoms with Crippen molar-refractivity contribution < 1.29 is 4.74 Å². The van der Waals surface area contributed by atoms with Gasteiger partial charge in [-0.2, -0.15) is 0 Å². The fourth-order valence-electron chi connectivity index (χ4n) is 6.90. The van der Waals surface area contributed by atoms with Gasteiger partial charge in [0.1, 0.15) is 0 Å². The SMILES string of the molecule is CN1CCCCC(C2CCCC(C3CCCCCC(C)(C)O3)CC(C)(C)N2)CC1(C)C. The van der Waals surface area contributed by atoms with Crippen LogP contribution in [0, 0.1) is 11.8 Å². The highest BCUT2D eigenvalue weighted by molar-refractivity contribution is 4.95. The Kier molecular flexibility index (Phi) is 8.58. The lowest BCUT2D eigenvalue weighted by Crippen LogP contribution is -2.54. The van der Waals surface area contributed by atoms with Gasteiger partial charge < -0.3 is 15.0 Å². The molecular weight excluding hydrogens is 380 g/mol. The van der Waals surface area contributed by atoms with Crippen molar-refractivity contribution in [1.82, 2.24) is 10.2 Å². The average molecular weight is 435 g/mol. The van der Waals surface area contributed by atoms with Crippen molar-refractivity contribution in [2.45, 2.75) is 154 Å². The van der Waals surface area contributed by atoms with Crippen LogP contribution in [0.25, 0.3) is 0 Å². The summed E-state index contributed by atoms with van der Waals surface area (Å²) >= 11 is 0. The van der Waals surface area contributed by atoms with Gasteiger partial charge in [0, 0.05) is 17.1 Å². The molecule has 3 saturated heterocycles. The predicted molar refractivity (Wildman–Crippen MR) is 134 cm³/mol. The van der Waals surface area contributed by atoms with E-state index in [4.69, 9.17) is 4.74 Å². The van der Waals surface area contributed by atoms with Crippen molar-refractivity contribution >= 4 is 0 Å². The third kappa shape index (κ3) is 7.44. The van der Waals surface area contributed by atoms with Gasteiger partial charge in [-0.05, 0) is 118 Å². The van der Waals surface area contributed by atoms with E-state index in [-0.39, 0.29) is 11.1 Å². The van der Waals surface area contributed by atoms with E-state index in [0.717, 1.165) is 5.92 Å². The minimum Gasteiger partial charge on any atom is -0.372 e. The van der Waals surface area contributed by atoms with Crippen LogP contribution in [-0.2, 0) is 4.74 Å². The van der Waals surface area contributed by atoms with Gasteiger partial charge in [0.2, 0.25) is 0 Å². The molecule has 0 spiro atoms. The number of ether oxygens (including phenoxy) is 1. The van der Waals surface area contributed by atoms with E-state index in [2.05, 4.69) is 58.8 Å². The number of likely N-dealkylation sites (tertiary alicyclic amines) is 1. The predicted octanol–water partition coefficient (Wildman–Crippen LogP) is 6.94. The number of hydrogen-bond acceptors (Lipinski definition) is 3. The van der Waals surface area contributed by atoms with E-state index in [0.29, 0.717) is 23.6 Å². The molecule has 3 heterocycles. The van der Waals surface area contributed by atoms with Crippen molar-refractivity contribution in [2.24, 2.45) is 11.8 Å². The summed E-state index contributed by atoms with van der Waals surface area (Å²) in [5.74, 6) is 1.49. The molecule has 0 aromatic rings. The summed E-state index contributed by atoms with van der Waals surface area (Å²) in [7, 11) is 2.33. The maximum Gasteiger partial charge on any atom is 0.0630 e. The summed E-state index contributed by atoms with van der Waals surface area (Å²) < 4.78 is 6.79. The Labute approximate surface area is 194 Å². The number of hydrogen-bond donors (Lipinski definition) is 1. The molecule has 0 amide bonds. The van der Waals surface area contributed by atoms with Crippen LogP contribution in [0.3, 0.4) is 0 Å². The van der Waals surface area contributed by atoms with E-state index in [1.807, 2.05) is 0 Å². The van der Waals surface area contributed by atoms with Gasteiger partial charge in [0.15, 0.2) is 0 Å². The first-order valence-corrected chi connectivity index (χ1v) is 13.6. The van der Waals surface area contributed by atoms with Crippen LogP contribution in [0.1, 0.15) is 125 Å².